The minimum atomic E-state index is -0.0412. The second kappa shape index (κ2) is 9.16. The lowest BCUT2D eigenvalue weighted by Crippen LogP contribution is -2.25. The number of para-hydroxylation sites is 1. The van der Waals surface area contributed by atoms with Crippen LogP contribution >= 0.6 is 0 Å². The first-order chi connectivity index (χ1) is 14.3. The quantitative estimate of drug-likeness (QED) is 0.421. The predicted molar refractivity (Wildman–Crippen MR) is 119 cm³/mol. The van der Waals surface area contributed by atoms with Crippen LogP contribution in [0.15, 0.2) is 91.0 Å². The molecule has 0 radical (unpaired) electrons. The molecule has 3 nitrogen and oxygen atoms in total. The van der Waals surface area contributed by atoms with Gasteiger partial charge in [0.15, 0.2) is 0 Å². The van der Waals surface area contributed by atoms with Crippen LogP contribution < -0.4 is 5.32 Å². The van der Waals surface area contributed by atoms with Gasteiger partial charge in [-0.3, -0.25) is 4.79 Å². The van der Waals surface area contributed by atoms with Gasteiger partial charge in [-0.15, -0.1) is 0 Å². The maximum Gasteiger partial charge on any atom is 0.252 e. The van der Waals surface area contributed by atoms with Crippen LogP contribution in [-0.4, -0.2) is 17.4 Å². The van der Waals surface area contributed by atoms with E-state index in [0.29, 0.717) is 12.1 Å². The Morgan fingerprint density at radius 3 is 2.28 bits per heavy atom. The molecule has 3 aromatic carbocycles. The van der Waals surface area contributed by atoms with E-state index >= 15 is 0 Å². The first kappa shape index (κ1) is 18.9. The van der Waals surface area contributed by atoms with Gasteiger partial charge >= 0.3 is 0 Å². The summed E-state index contributed by atoms with van der Waals surface area (Å²) in [6.07, 6.45) is 3.04. The Balaban J connectivity index is 1.46. The van der Waals surface area contributed by atoms with E-state index < -0.39 is 0 Å². The maximum atomic E-state index is 12.9. The van der Waals surface area contributed by atoms with Gasteiger partial charge in [-0.25, -0.2) is 4.98 Å². The third kappa shape index (κ3) is 4.69. The number of aromatic nitrogens is 1. The molecule has 1 N–H and O–H groups in total. The van der Waals surface area contributed by atoms with E-state index in [2.05, 4.69) is 29.6 Å². The molecule has 0 fully saturated rings. The lowest BCUT2D eigenvalue weighted by Gasteiger charge is -2.11. The summed E-state index contributed by atoms with van der Waals surface area (Å²) in [6.45, 7) is 0.670. The lowest BCUT2D eigenvalue weighted by atomic mass is 10.0. The van der Waals surface area contributed by atoms with Gasteiger partial charge in [-0.05, 0) is 37.0 Å². The molecular weight excluding hydrogens is 356 g/mol. The highest BCUT2D eigenvalue weighted by Crippen LogP contribution is 2.24. The van der Waals surface area contributed by atoms with Crippen molar-refractivity contribution in [3.63, 3.8) is 0 Å². The molecule has 0 bridgehead atoms. The molecular formula is C26H24N2O. The fourth-order valence-electron chi connectivity index (χ4n) is 3.52. The lowest BCUT2D eigenvalue weighted by molar-refractivity contribution is 0.0954. The average molecular weight is 380 g/mol. The number of carbonyl (C=O) groups is 1. The molecule has 0 spiro atoms. The molecule has 4 aromatic rings. The van der Waals surface area contributed by atoms with Crippen LogP contribution in [0.4, 0.5) is 0 Å². The normalized spacial score (nSPS) is 10.8. The van der Waals surface area contributed by atoms with Gasteiger partial charge in [0, 0.05) is 17.5 Å². The third-order valence-electron chi connectivity index (χ3n) is 5.05. The second-order valence-electron chi connectivity index (χ2n) is 7.14. The molecule has 0 saturated heterocycles. The molecule has 0 saturated carbocycles. The largest absolute Gasteiger partial charge is 0.352 e. The predicted octanol–water partition coefficient (Wildman–Crippen LogP) is 5.65. The third-order valence-corrected chi connectivity index (χ3v) is 5.05. The SMILES string of the molecule is O=C(NCCCCc1ccccc1)c1cc(-c2ccccc2)nc2ccccc12. The van der Waals surface area contributed by atoms with Gasteiger partial charge in [-0.2, -0.15) is 0 Å². The van der Waals surface area contributed by atoms with Crippen LogP contribution in [0.1, 0.15) is 28.8 Å². The Hall–Kier alpha value is -3.46. The van der Waals surface area contributed by atoms with E-state index in [1.165, 1.54) is 5.56 Å². The zero-order valence-corrected chi connectivity index (χ0v) is 16.3. The number of benzene rings is 3. The summed E-state index contributed by atoms with van der Waals surface area (Å²) in [6, 6.07) is 30.2. The molecule has 1 aromatic heterocycles. The summed E-state index contributed by atoms with van der Waals surface area (Å²) in [4.78, 5) is 17.7. The molecule has 29 heavy (non-hydrogen) atoms. The molecule has 144 valence electrons. The number of pyridine rings is 1. The highest BCUT2D eigenvalue weighted by Gasteiger charge is 2.13. The van der Waals surface area contributed by atoms with Crippen molar-refractivity contribution >= 4 is 16.8 Å². The van der Waals surface area contributed by atoms with Crippen molar-refractivity contribution < 1.29 is 4.79 Å². The molecule has 1 amide bonds. The number of nitrogens with one attached hydrogen (secondary N) is 1. The van der Waals surface area contributed by atoms with Crippen LogP contribution in [0.3, 0.4) is 0 Å². The topological polar surface area (TPSA) is 42.0 Å². The molecule has 0 unspecified atom stereocenters. The summed E-state index contributed by atoms with van der Waals surface area (Å²) in [5, 5.41) is 3.97. The zero-order chi connectivity index (χ0) is 19.9. The second-order valence-corrected chi connectivity index (χ2v) is 7.14. The molecule has 1 heterocycles. The Bertz CT molecular complexity index is 1090. The summed E-state index contributed by atoms with van der Waals surface area (Å²) >= 11 is 0. The summed E-state index contributed by atoms with van der Waals surface area (Å²) in [5.74, 6) is -0.0412. The van der Waals surface area contributed by atoms with Gasteiger partial charge in [0.1, 0.15) is 0 Å². The van der Waals surface area contributed by atoms with Crippen molar-refractivity contribution in [2.45, 2.75) is 19.3 Å². The fraction of sp³-hybridized carbons (Fsp3) is 0.154. The van der Waals surface area contributed by atoms with Gasteiger partial charge in [0.2, 0.25) is 0 Å². The van der Waals surface area contributed by atoms with Crippen LogP contribution in [0.5, 0.6) is 0 Å². The number of aryl methyl sites for hydroxylation is 1. The monoisotopic (exact) mass is 380 g/mol. The number of carbonyl (C=O) groups excluding carboxylic acids is 1. The first-order valence-corrected chi connectivity index (χ1v) is 10.1. The number of unbranched alkanes of at least 4 members (excludes halogenated alkanes) is 1. The van der Waals surface area contributed by atoms with Crippen molar-refractivity contribution in [3.05, 3.63) is 102 Å². The molecule has 0 aliphatic rings. The van der Waals surface area contributed by atoms with Crippen molar-refractivity contribution in [2.24, 2.45) is 0 Å². The maximum absolute atomic E-state index is 12.9. The summed E-state index contributed by atoms with van der Waals surface area (Å²) < 4.78 is 0. The molecule has 0 aliphatic carbocycles. The molecule has 0 atom stereocenters. The van der Waals surface area contributed by atoms with Crippen LogP contribution in [0.2, 0.25) is 0 Å². The number of hydrogen-bond acceptors (Lipinski definition) is 2. The van der Waals surface area contributed by atoms with E-state index in [0.717, 1.165) is 41.4 Å². The van der Waals surface area contributed by atoms with Crippen molar-refractivity contribution in [1.82, 2.24) is 10.3 Å². The van der Waals surface area contributed by atoms with Gasteiger partial charge in [0.25, 0.3) is 5.91 Å². The number of amides is 1. The Morgan fingerprint density at radius 2 is 1.48 bits per heavy atom. The summed E-state index contributed by atoms with van der Waals surface area (Å²) in [7, 11) is 0. The van der Waals surface area contributed by atoms with Gasteiger partial charge < -0.3 is 5.32 Å². The van der Waals surface area contributed by atoms with Crippen molar-refractivity contribution in [3.8, 4) is 11.3 Å². The van der Waals surface area contributed by atoms with Gasteiger partial charge in [0.05, 0.1) is 16.8 Å². The number of rotatable bonds is 7. The number of fused-ring (bicyclic) bond motifs is 1. The van der Waals surface area contributed by atoms with E-state index in [-0.39, 0.29) is 5.91 Å². The van der Waals surface area contributed by atoms with Gasteiger partial charge in [-0.1, -0.05) is 78.9 Å². The first-order valence-electron chi connectivity index (χ1n) is 10.1. The number of hydrogen-bond donors (Lipinski definition) is 1. The van der Waals surface area contributed by atoms with E-state index in [1.54, 1.807) is 0 Å². The smallest absolute Gasteiger partial charge is 0.252 e. The van der Waals surface area contributed by atoms with Crippen LogP contribution in [0.25, 0.3) is 22.2 Å². The Kier molecular flexibility index (Phi) is 5.96. The Morgan fingerprint density at radius 1 is 0.793 bits per heavy atom. The van der Waals surface area contributed by atoms with Crippen LogP contribution in [-0.2, 0) is 6.42 Å². The minimum Gasteiger partial charge on any atom is -0.352 e. The molecule has 4 rings (SSSR count). The zero-order valence-electron chi connectivity index (χ0n) is 16.3. The average Bonchev–Trinajstić information content (AvgIpc) is 2.79. The van der Waals surface area contributed by atoms with Crippen molar-refractivity contribution in [2.75, 3.05) is 6.54 Å². The minimum absolute atomic E-state index is 0.0412. The van der Waals surface area contributed by atoms with Crippen LogP contribution in [0, 0.1) is 0 Å². The Labute approximate surface area is 171 Å². The molecule has 0 aliphatic heterocycles. The standard InChI is InChI=1S/C26H24N2O/c29-26(27-18-10-9-13-20-11-3-1-4-12-20)23-19-25(21-14-5-2-6-15-21)28-24-17-8-7-16-22(23)24/h1-8,11-12,14-17,19H,9-10,13,18H2,(H,27,29). The highest BCUT2D eigenvalue weighted by atomic mass is 16.1. The molecule has 3 heteroatoms. The van der Waals surface area contributed by atoms with Crippen molar-refractivity contribution in [1.29, 1.82) is 0 Å². The highest BCUT2D eigenvalue weighted by molar-refractivity contribution is 6.07. The van der Waals surface area contributed by atoms with E-state index in [1.807, 2.05) is 66.7 Å². The van der Waals surface area contributed by atoms with E-state index in [4.69, 9.17) is 4.98 Å². The number of nitrogens with zero attached hydrogens (tertiary/aromatic N) is 1. The fourth-order valence-corrected chi connectivity index (χ4v) is 3.52. The summed E-state index contributed by atoms with van der Waals surface area (Å²) in [5.41, 5.74) is 4.68. The van der Waals surface area contributed by atoms with E-state index in [9.17, 15) is 4.79 Å².